The van der Waals surface area contributed by atoms with Crippen molar-refractivity contribution in [1.82, 2.24) is 0 Å². The number of thiol groups is 1. The van der Waals surface area contributed by atoms with Gasteiger partial charge in [0.25, 0.3) is 0 Å². The monoisotopic (exact) mass is 188 g/mol. The molecule has 0 aromatic rings. The zero-order valence-electron chi connectivity index (χ0n) is 9.44. The highest BCUT2D eigenvalue weighted by molar-refractivity contribution is 7.81. The van der Waals surface area contributed by atoms with E-state index in [0.717, 1.165) is 0 Å². The first kappa shape index (κ1) is 12.3. The lowest BCUT2D eigenvalue weighted by atomic mass is 9.78. The van der Waals surface area contributed by atoms with E-state index in [-0.39, 0.29) is 0 Å². The molecule has 0 amide bonds. The summed E-state index contributed by atoms with van der Waals surface area (Å²) in [4.78, 5) is 0. The molecule has 0 N–H and O–H groups in total. The van der Waals surface area contributed by atoms with Gasteiger partial charge in [0.1, 0.15) is 0 Å². The van der Waals surface area contributed by atoms with Gasteiger partial charge >= 0.3 is 0 Å². The van der Waals surface area contributed by atoms with E-state index < -0.39 is 0 Å². The molecule has 0 nitrogen and oxygen atoms in total. The average molecular weight is 188 g/mol. The van der Waals surface area contributed by atoms with Gasteiger partial charge < -0.3 is 0 Å². The summed E-state index contributed by atoms with van der Waals surface area (Å²) in [5.74, 6) is 0. The molecule has 0 fully saturated rings. The minimum absolute atomic E-state index is 0.371. The summed E-state index contributed by atoms with van der Waals surface area (Å²) in [7, 11) is 0. The fourth-order valence-electron chi connectivity index (χ4n) is 1.09. The third kappa shape index (κ3) is 4.39. The van der Waals surface area contributed by atoms with E-state index in [9.17, 15) is 0 Å². The molecule has 1 unspecified atom stereocenters. The summed E-state index contributed by atoms with van der Waals surface area (Å²) in [6, 6.07) is 0. The van der Waals surface area contributed by atoms with Gasteiger partial charge in [-0.1, -0.05) is 41.5 Å². The van der Waals surface area contributed by atoms with Crippen LogP contribution in [0, 0.1) is 10.8 Å². The highest BCUT2D eigenvalue weighted by atomic mass is 32.1. The Hall–Kier alpha value is 0.350. The molecule has 0 aliphatic rings. The molecule has 0 radical (unpaired) electrons. The third-order valence-corrected chi connectivity index (χ3v) is 3.50. The molecule has 0 aliphatic carbocycles. The minimum atomic E-state index is 0.371. The summed E-state index contributed by atoms with van der Waals surface area (Å²) in [6.07, 6.45) is 2.40. The van der Waals surface area contributed by atoms with Crippen LogP contribution in [-0.4, -0.2) is 5.25 Å². The SMILES string of the molecule is CCC(C)(C)C(S)CC(C)(C)C. The van der Waals surface area contributed by atoms with Crippen molar-refractivity contribution < 1.29 is 0 Å². The molecule has 0 saturated carbocycles. The molecule has 0 aromatic heterocycles. The van der Waals surface area contributed by atoms with Crippen LogP contribution in [0.2, 0.25) is 0 Å². The molecular weight excluding hydrogens is 164 g/mol. The number of hydrogen-bond donors (Lipinski definition) is 1. The number of hydrogen-bond acceptors (Lipinski definition) is 1. The van der Waals surface area contributed by atoms with Gasteiger partial charge in [-0.15, -0.1) is 0 Å². The summed E-state index contributed by atoms with van der Waals surface area (Å²) in [5, 5.41) is 0.516. The summed E-state index contributed by atoms with van der Waals surface area (Å²) >= 11 is 4.68. The van der Waals surface area contributed by atoms with E-state index >= 15 is 0 Å². The van der Waals surface area contributed by atoms with E-state index in [2.05, 4.69) is 54.2 Å². The molecule has 0 saturated heterocycles. The molecule has 0 spiro atoms. The summed E-state index contributed by atoms with van der Waals surface area (Å²) in [6.45, 7) is 13.7. The van der Waals surface area contributed by atoms with Crippen LogP contribution >= 0.6 is 12.6 Å². The van der Waals surface area contributed by atoms with Gasteiger partial charge in [-0.2, -0.15) is 12.6 Å². The highest BCUT2D eigenvalue weighted by Crippen LogP contribution is 2.36. The van der Waals surface area contributed by atoms with Crippen LogP contribution in [0.4, 0.5) is 0 Å². The third-order valence-electron chi connectivity index (χ3n) is 2.62. The Balaban J connectivity index is 4.13. The van der Waals surface area contributed by atoms with Gasteiger partial charge in [0.15, 0.2) is 0 Å². The first-order valence-corrected chi connectivity index (χ1v) is 5.39. The lowest BCUT2D eigenvalue weighted by Gasteiger charge is -2.34. The molecule has 0 bridgehead atoms. The van der Waals surface area contributed by atoms with E-state index in [1.807, 2.05) is 0 Å². The van der Waals surface area contributed by atoms with Gasteiger partial charge in [0, 0.05) is 5.25 Å². The quantitative estimate of drug-likeness (QED) is 0.632. The highest BCUT2D eigenvalue weighted by Gasteiger charge is 2.28. The lowest BCUT2D eigenvalue weighted by Crippen LogP contribution is -2.28. The molecule has 0 rings (SSSR count). The fraction of sp³-hybridized carbons (Fsp3) is 1.00. The molecule has 12 heavy (non-hydrogen) atoms. The average Bonchev–Trinajstić information content (AvgIpc) is 1.84. The Morgan fingerprint density at radius 1 is 1.08 bits per heavy atom. The van der Waals surface area contributed by atoms with Crippen LogP contribution < -0.4 is 0 Å². The topological polar surface area (TPSA) is 0 Å². The maximum absolute atomic E-state index is 4.68. The van der Waals surface area contributed by atoms with Crippen molar-refractivity contribution in [3.63, 3.8) is 0 Å². The van der Waals surface area contributed by atoms with Crippen molar-refractivity contribution in [3.8, 4) is 0 Å². The Morgan fingerprint density at radius 3 is 1.75 bits per heavy atom. The molecule has 0 aliphatic heterocycles. The minimum Gasteiger partial charge on any atom is -0.175 e. The standard InChI is InChI=1S/C11H24S/c1-7-11(5,6)9(12)8-10(2,3)4/h9,12H,7-8H2,1-6H3. The van der Waals surface area contributed by atoms with E-state index in [1.165, 1.54) is 12.8 Å². The second kappa shape index (κ2) is 4.04. The second-order valence-corrected chi connectivity index (χ2v) is 6.25. The van der Waals surface area contributed by atoms with E-state index in [4.69, 9.17) is 0 Å². The summed E-state index contributed by atoms with van der Waals surface area (Å²) < 4.78 is 0. The normalized spacial score (nSPS) is 16.2. The van der Waals surface area contributed by atoms with E-state index in [1.54, 1.807) is 0 Å². The van der Waals surface area contributed by atoms with Crippen LogP contribution in [0.5, 0.6) is 0 Å². The Morgan fingerprint density at radius 2 is 1.50 bits per heavy atom. The first-order valence-electron chi connectivity index (χ1n) is 4.87. The van der Waals surface area contributed by atoms with Crippen LogP contribution in [-0.2, 0) is 0 Å². The van der Waals surface area contributed by atoms with Crippen LogP contribution in [0.25, 0.3) is 0 Å². The molecule has 0 aromatic carbocycles. The maximum Gasteiger partial charge on any atom is 0.00728 e. The molecular formula is C11H24S. The zero-order valence-corrected chi connectivity index (χ0v) is 10.3. The van der Waals surface area contributed by atoms with Gasteiger partial charge in [0.2, 0.25) is 0 Å². The van der Waals surface area contributed by atoms with Crippen molar-refractivity contribution in [1.29, 1.82) is 0 Å². The Bertz CT molecular complexity index is 130. The van der Waals surface area contributed by atoms with Crippen molar-refractivity contribution >= 4 is 12.6 Å². The van der Waals surface area contributed by atoms with Gasteiger partial charge in [-0.3, -0.25) is 0 Å². The van der Waals surface area contributed by atoms with Crippen molar-refractivity contribution in [2.24, 2.45) is 10.8 Å². The van der Waals surface area contributed by atoms with Crippen molar-refractivity contribution in [2.75, 3.05) is 0 Å². The van der Waals surface area contributed by atoms with Crippen LogP contribution in [0.3, 0.4) is 0 Å². The van der Waals surface area contributed by atoms with Crippen molar-refractivity contribution in [2.45, 2.75) is 59.6 Å². The Kier molecular flexibility index (Phi) is 4.16. The van der Waals surface area contributed by atoms with Gasteiger partial charge in [0.05, 0.1) is 0 Å². The molecule has 1 heteroatoms. The van der Waals surface area contributed by atoms with Crippen LogP contribution in [0.1, 0.15) is 54.4 Å². The predicted octanol–water partition coefficient (Wildman–Crippen LogP) is 4.16. The Labute approximate surface area is 83.5 Å². The maximum atomic E-state index is 4.68. The summed E-state index contributed by atoms with van der Waals surface area (Å²) in [5.41, 5.74) is 0.773. The molecule has 0 heterocycles. The molecule has 1 atom stereocenters. The molecule has 74 valence electrons. The lowest BCUT2D eigenvalue weighted by molar-refractivity contribution is 0.261. The predicted molar refractivity (Wildman–Crippen MR) is 60.9 cm³/mol. The smallest absolute Gasteiger partial charge is 0.00728 e. The fourth-order valence-corrected chi connectivity index (χ4v) is 1.82. The first-order chi connectivity index (χ1) is 5.19. The largest absolute Gasteiger partial charge is 0.175 e. The van der Waals surface area contributed by atoms with Gasteiger partial charge in [-0.25, -0.2) is 0 Å². The second-order valence-electron chi connectivity index (χ2n) is 5.62. The zero-order chi connectivity index (χ0) is 9.99. The van der Waals surface area contributed by atoms with Crippen LogP contribution in [0.15, 0.2) is 0 Å². The number of rotatable bonds is 3. The van der Waals surface area contributed by atoms with Crippen molar-refractivity contribution in [3.05, 3.63) is 0 Å². The van der Waals surface area contributed by atoms with Gasteiger partial charge in [-0.05, 0) is 23.7 Å². The van der Waals surface area contributed by atoms with E-state index in [0.29, 0.717) is 16.1 Å².